The van der Waals surface area contributed by atoms with Crippen molar-refractivity contribution in [2.24, 2.45) is 0 Å². The molecule has 0 N–H and O–H groups in total. The number of nitrogens with zero attached hydrogens (tertiary/aromatic N) is 6. The van der Waals surface area contributed by atoms with Gasteiger partial charge >= 0.3 is 0 Å². The predicted molar refractivity (Wildman–Crippen MR) is 70.0 cm³/mol. The van der Waals surface area contributed by atoms with Crippen molar-refractivity contribution >= 4 is 5.82 Å². The molecule has 0 amide bonds. The molecule has 0 saturated carbocycles. The molecule has 1 atom stereocenters. The third kappa shape index (κ3) is 2.32. The highest BCUT2D eigenvalue weighted by Crippen LogP contribution is 2.28. The van der Waals surface area contributed by atoms with E-state index in [-0.39, 0.29) is 5.92 Å². The molecule has 0 unspecified atom stereocenters. The number of hydrogen-bond donors (Lipinski definition) is 0. The first-order valence-electron chi connectivity index (χ1n) is 6.54. The van der Waals surface area contributed by atoms with Crippen LogP contribution in [0.2, 0.25) is 0 Å². The maximum absolute atomic E-state index is 9.12. The van der Waals surface area contributed by atoms with Gasteiger partial charge in [-0.15, -0.1) is 0 Å². The molecule has 2 aromatic heterocycles. The molecule has 1 saturated heterocycles. The predicted octanol–water partition coefficient (Wildman–Crippen LogP) is 1.42. The summed E-state index contributed by atoms with van der Waals surface area (Å²) in [5.41, 5.74) is 0.359. The molecule has 0 spiro atoms. The lowest BCUT2D eigenvalue weighted by Crippen LogP contribution is -2.36. The number of hydrogen-bond acceptors (Lipinski definition) is 7. The summed E-state index contributed by atoms with van der Waals surface area (Å²) in [6.45, 7) is 3.38. The molecule has 7 nitrogen and oxygen atoms in total. The lowest BCUT2D eigenvalue weighted by molar-refractivity contribution is 0.376. The fourth-order valence-electron chi connectivity index (χ4n) is 2.50. The van der Waals surface area contributed by atoms with E-state index >= 15 is 0 Å². The fraction of sp³-hybridized carbons (Fsp3) is 0.462. The summed E-state index contributed by atoms with van der Waals surface area (Å²) < 4.78 is 5.04. The maximum Gasteiger partial charge on any atom is 0.223 e. The zero-order valence-corrected chi connectivity index (χ0v) is 11.2. The first-order chi connectivity index (χ1) is 9.78. The molecule has 2 aromatic rings. The Morgan fingerprint density at radius 2 is 2.25 bits per heavy atom. The van der Waals surface area contributed by atoms with Gasteiger partial charge in [-0.2, -0.15) is 10.2 Å². The van der Waals surface area contributed by atoms with Gasteiger partial charge in [0.15, 0.2) is 17.3 Å². The Morgan fingerprint density at radius 3 is 3.00 bits per heavy atom. The molecule has 1 fully saturated rings. The average molecular weight is 270 g/mol. The third-order valence-corrected chi connectivity index (χ3v) is 3.41. The number of piperidine rings is 1. The number of aryl methyl sites for hydroxylation is 1. The molecule has 0 radical (unpaired) electrons. The monoisotopic (exact) mass is 270 g/mol. The summed E-state index contributed by atoms with van der Waals surface area (Å²) in [4.78, 5) is 14.7. The van der Waals surface area contributed by atoms with Crippen molar-refractivity contribution in [2.45, 2.75) is 25.7 Å². The quantitative estimate of drug-likeness (QED) is 0.814. The summed E-state index contributed by atoms with van der Waals surface area (Å²) in [7, 11) is 0. The molecule has 1 aliphatic rings. The molecular formula is C13H14N6O. The van der Waals surface area contributed by atoms with Gasteiger partial charge in [0.05, 0.1) is 0 Å². The van der Waals surface area contributed by atoms with E-state index in [4.69, 9.17) is 9.78 Å². The summed E-state index contributed by atoms with van der Waals surface area (Å²) in [5.74, 6) is 2.15. The van der Waals surface area contributed by atoms with Gasteiger partial charge in [-0.05, 0) is 12.8 Å². The van der Waals surface area contributed by atoms with Crippen molar-refractivity contribution in [1.29, 1.82) is 5.26 Å². The van der Waals surface area contributed by atoms with Crippen LogP contribution in [0.1, 0.15) is 36.2 Å². The van der Waals surface area contributed by atoms with Crippen LogP contribution in [0.5, 0.6) is 0 Å². The molecule has 102 valence electrons. The van der Waals surface area contributed by atoms with E-state index in [1.165, 1.54) is 6.20 Å². The van der Waals surface area contributed by atoms with Crippen molar-refractivity contribution in [3.05, 3.63) is 29.8 Å². The summed E-state index contributed by atoms with van der Waals surface area (Å²) in [5, 5.41) is 13.1. The number of anilines is 1. The van der Waals surface area contributed by atoms with Crippen LogP contribution in [0.3, 0.4) is 0 Å². The number of aromatic nitrogens is 4. The van der Waals surface area contributed by atoms with Crippen LogP contribution < -0.4 is 4.90 Å². The first-order valence-corrected chi connectivity index (χ1v) is 6.54. The minimum atomic E-state index is 0.203. The van der Waals surface area contributed by atoms with Crippen molar-refractivity contribution < 1.29 is 4.52 Å². The van der Waals surface area contributed by atoms with Crippen molar-refractivity contribution in [3.63, 3.8) is 0 Å². The minimum Gasteiger partial charge on any atom is -0.353 e. The molecular weight excluding hydrogens is 256 g/mol. The topological polar surface area (TPSA) is 91.7 Å². The van der Waals surface area contributed by atoms with Crippen LogP contribution in [-0.4, -0.2) is 33.2 Å². The third-order valence-electron chi connectivity index (χ3n) is 3.41. The van der Waals surface area contributed by atoms with Gasteiger partial charge in [-0.25, -0.2) is 9.97 Å². The van der Waals surface area contributed by atoms with Gasteiger partial charge in [-0.3, -0.25) is 0 Å². The molecule has 0 aromatic carbocycles. The van der Waals surface area contributed by atoms with Gasteiger partial charge in [0, 0.05) is 38.3 Å². The average Bonchev–Trinajstić information content (AvgIpc) is 2.94. The SMILES string of the molecule is Cc1nc([C@H]2CCCN(c3nccnc3C#N)C2)no1. The Labute approximate surface area is 116 Å². The lowest BCUT2D eigenvalue weighted by atomic mass is 9.97. The number of rotatable bonds is 2. The van der Waals surface area contributed by atoms with Crippen LogP contribution >= 0.6 is 0 Å². The van der Waals surface area contributed by atoms with Crippen molar-refractivity contribution in [3.8, 4) is 6.07 Å². The highest BCUT2D eigenvalue weighted by atomic mass is 16.5. The molecule has 20 heavy (non-hydrogen) atoms. The highest BCUT2D eigenvalue weighted by molar-refractivity contribution is 5.50. The zero-order valence-electron chi connectivity index (χ0n) is 11.2. The van der Waals surface area contributed by atoms with E-state index in [1.807, 2.05) is 0 Å². The minimum absolute atomic E-state index is 0.203. The highest BCUT2D eigenvalue weighted by Gasteiger charge is 2.27. The normalized spacial score (nSPS) is 18.8. The second-order valence-corrected chi connectivity index (χ2v) is 4.80. The van der Waals surface area contributed by atoms with E-state index in [9.17, 15) is 0 Å². The van der Waals surface area contributed by atoms with Gasteiger partial charge in [-0.1, -0.05) is 5.16 Å². The molecule has 1 aliphatic heterocycles. The Bertz CT molecular complexity index is 646. The smallest absolute Gasteiger partial charge is 0.223 e. The van der Waals surface area contributed by atoms with Crippen LogP contribution in [0.25, 0.3) is 0 Å². The molecule has 0 bridgehead atoms. The largest absolute Gasteiger partial charge is 0.353 e. The van der Waals surface area contributed by atoms with E-state index in [1.54, 1.807) is 13.1 Å². The Kier molecular flexibility index (Phi) is 3.29. The van der Waals surface area contributed by atoms with Gasteiger partial charge in [0.2, 0.25) is 5.89 Å². The van der Waals surface area contributed by atoms with Crippen LogP contribution in [0.4, 0.5) is 5.82 Å². The van der Waals surface area contributed by atoms with E-state index in [0.717, 1.165) is 31.8 Å². The van der Waals surface area contributed by atoms with Gasteiger partial charge < -0.3 is 9.42 Å². The van der Waals surface area contributed by atoms with Crippen molar-refractivity contribution in [1.82, 2.24) is 20.1 Å². The zero-order chi connectivity index (χ0) is 13.9. The fourth-order valence-corrected chi connectivity index (χ4v) is 2.50. The van der Waals surface area contributed by atoms with Gasteiger partial charge in [0.25, 0.3) is 0 Å². The van der Waals surface area contributed by atoms with E-state index < -0.39 is 0 Å². The van der Waals surface area contributed by atoms with Crippen LogP contribution in [0.15, 0.2) is 16.9 Å². The summed E-state index contributed by atoms with van der Waals surface area (Å²) in [6, 6.07) is 2.09. The lowest BCUT2D eigenvalue weighted by Gasteiger charge is -2.32. The Morgan fingerprint density at radius 1 is 1.40 bits per heavy atom. The second-order valence-electron chi connectivity index (χ2n) is 4.80. The van der Waals surface area contributed by atoms with Crippen LogP contribution in [-0.2, 0) is 0 Å². The molecule has 7 heteroatoms. The standard InChI is InChI=1S/C13H14N6O/c1-9-17-12(18-20-9)10-3-2-6-19(8-10)13-11(7-14)15-4-5-16-13/h4-5,10H,2-3,6,8H2,1H3/t10-/m0/s1. The van der Waals surface area contributed by atoms with E-state index in [2.05, 4.69) is 31.1 Å². The molecule has 0 aliphatic carbocycles. The Hall–Kier alpha value is -2.49. The second kappa shape index (κ2) is 5.25. The van der Waals surface area contributed by atoms with Gasteiger partial charge in [0.1, 0.15) is 6.07 Å². The molecule has 3 rings (SSSR count). The summed E-state index contributed by atoms with van der Waals surface area (Å²) in [6.07, 6.45) is 5.15. The maximum atomic E-state index is 9.12. The number of nitriles is 1. The Balaban J connectivity index is 1.83. The molecule has 3 heterocycles. The van der Waals surface area contributed by atoms with E-state index in [0.29, 0.717) is 17.4 Å². The van der Waals surface area contributed by atoms with Crippen molar-refractivity contribution in [2.75, 3.05) is 18.0 Å². The van der Waals surface area contributed by atoms with Crippen LogP contribution in [0, 0.1) is 18.3 Å². The summed E-state index contributed by atoms with van der Waals surface area (Å²) >= 11 is 0. The first kappa shape index (κ1) is 12.5.